The van der Waals surface area contributed by atoms with Crippen LogP contribution in [0.25, 0.3) is 10.8 Å². The van der Waals surface area contributed by atoms with Gasteiger partial charge < -0.3 is 20.6 Å². The minimum absolute atomic E-state index is 0.0482. The van der Waals surface area contributed by atoms with E-state index in [0.717, 1.165) is 32.0 Å². The number of amides is 3. The van der Waals surface area contributed by atoms with E-state index in [1.165, 1.54) is 22.4 Å². The maximum atomic E-state index is 13.1. The summed E-state index contributed by atoms with van der Waals surface area (Å²) < 4.78 is 0. The lowest BCUT2D eigenvalue weighted by Gasteiger charge is -2.41. The topological polar surface area (TPSA) is 119 Å². The first kappa shape index (κ1) is 29.8. The van der Waals surface area contributed by atoms with Crippen molar-refractivity contribution in [3.8, 4) is 0 Å². The van der Waals surface area contributed by atoms with Crippen LogP contribution in [0.1, 0.15) is 51.6 Å². The van der Waals surface area contributed by atoms with E-state index in [2.05, 4.69) is 58.9 Å². The molecule has 3 amide bonds. The molecule has 1 atom stereocenters. The van der Waals surface area contributed by atoms with Crippen LogP contribution in [0.2, 0.25) is 0 Å². The summed E-state index contributed by atoms with van der Waals surface area (Å²) in [6.07, 6.45) is 4.13. The zero-order valence-corrected chi connectivity index (χ0v) is 23.1. The maximum Gasteiger partial charge on any atom is 0.328 e. The summed E-state index contributed by atoms with van der Waals surface area (Å²) in [6, 6.07) is 15.0. The monoisotopic (exact) mass is 536 g/mol. The van der Waals surface area contributed by atoms with Crippen molar-refractivity contribution in [2.24, 2.45) is 5.92 Å². The van der Waals surface area contributed by atoms with Crippen molar-refractivity contribution in [2.45, 2.75) is 52.1 Å². The van der Waals surface area contributed by atoms with Crippen molar-refractivity contribution in [3.05, 3.63) is 60.2 Å². The van der Waals surface area contributed by atoms with Gasteiger partial charge in [0.2, 0.25) is 17.7 Å². The molecule has 9 nitrogen and oxygen atoms in total. The van der Waals surface area contributed by atoms with Gasteiger partial charge in [-0.15, -0.1) is 0 Å². The summed E-state index contributed by atoms with van der Waals surface area (Å²) in [7, 11) is 0. The fourth-order valence-corrected chi connectivity index (χ4v) is 5.07. The molecular formula is C30H40N4O5. The Morgan fingerprint density at radius 3 is 2.38 bits per heavy atom. The Balaban J connectivity index is 1.58. The SMILES string of the molecule is CC(C)CC(=O)N(CC(=O)NCC(=O)NC/C=C/C(=O)O)C1CCN(C(C)c2cccc3ccccc23)CC1. The quantitative estimate of drug-likeness (QED) is 0.359. The Hall–Kier alpha value is -3.72. The van der Waals surface area contributed by atoms with Gasteiger partial charge >= 0.3 is 5.97 Å². The van der Waals surface area contributed by atoms with E-state index >= 15 is 0 Å². The lowest BCUT2D eigenvalue weighted by molar-refractivity contribution is -0.140. The van der Waals surface area contributed by atoms with Gasteiger partial charge in [0.15, 0.2) is 0 Å². The number of piperidine rings is 1. The lowest BCUT2D eigenvalue weighted by atomic mass is 9.95. The number of carbonyl (C=O) groups is 4. The van der Waals surface area contributed by atoms with E-state index in [-0.39, 0.29) is 43.5 Å². The number of carbonyl (C=O) groups excluding carboxylic acids is 3. The Morgan fingerprint density at radius 2 is 1.69 bits per heavy atom. The van der Waals surface area contributed by atoms with Crippen molar-refractivity contribution < 1.29 is 24.3 Å². The molecule has 0 spiro atoms. The minimum atomic E-state index is -1.10. The average Bonchev–Trinajstić information content (AvgIpc) is 2.91. The highest BCUT2D eigenvalue weighted by molar-refractivity contribution is 5.89. The molecule has 9 heteroatoms. The summed E-state index contributed by atoms with van der Waals surface area (Å²) in [4.78, 5) is 52.4. The van der Waals surface area contributed by atoms with Crippen molar-refractivity contribution >= 4 is 34.5 Å². The number of rotatable bonds is 12. The molecule has 3 N–H and O–H groups in total. The molecule has 0 aromatic heterocycles. The molecule has 0 aliphatic carbocycles. The molecular weight excluding hydrogens is 496 g/mol. The van der Waals surface area contributed by atoms with Gasteiger partial charge in [-0.25, -0.2) is 4.79 Å². The van der Waals surface area contributed by atoms with Gasteiger partial charge in [-0.05, 0) is 42.0 Å². The number of benzene rings is 2. The zero-order chi connectivity index (χ0) is 28.4. The van der Waals surface area contributed by atoms with Crippen LogP contribution in [0.15, 0.2) is 54.6 Å². The lowest BCUT2D eigenvalue weighted by Crippen LogP contribution is -2.51. The first-order valence-corrected chi connectivity index (χ1v) is 13.6. The highest BCUT2D eigenvalue weighted by atomic mass is 16.4. The molecule has 2 aromatic rings. The molecule has 0 bridgehead atoms. The molecule has 39 heavy (non-hydrogen) atoms. The summed E-state index contributed by atoms with van der Waals surface area (Å²) in [5.41, 5.74) is 1.29. The van der Waals surface area contributed by atoms with Crippen LogP contribution in [0, 0.1) is 5.92 Å². The summed E-state index contributed by atoms with van der Waals surface area (Å²) in [5.74, 6) is -1.82. The van der Waals surface area contributed by atoms with Crippen LogP contribution in [-0.2, 0) is 19.2 Å². The van der Waals surface area contributed by atoms with Gasteiger partial charge in [0.25, 0.3) is 0 Å². The third kappa shape index (κ3) is 8.92. The van der Waals surface area contributed by atoms with Gasteiger partial charge in [-0.2, -0.15) is 0 Å². The number of aliphatic carboxylic acids is 1. The van der Waals surface area contributed by atoms with Crippen LogP contribution in [0.4, 0.5) is 0 Å². The van der Waals surface area contributed by atoms with Gasteiger partial charge in [0, 0.05) is 44.2 Å². The predicted octanol–water partition coefficient (Wildman–Crippen LogP) is 3.11. The molecule has 1 heterocycles. The number of nitrogens with one attached hydrogen (secondary N) is 2. The van der Waals surface area contributed by atoms with Gasteiger partial charge in [-0.1, -0.05) is 62.4 Å². The minimum Gasteiger partial charge on any atom is -0.478 e. The molecule has 1 unspecified atom stereocenters. The van der Waals surface area contributed by atoms with E-state index < -0.39 is 17.8 Å². The number of likely N-dealkylation sites (tertiary alicyclic amines) is 1. The summed E-state index contributed by atoms with van der Waals surface area (Å²) in [5, 5.41) is 16.1. The van der Waals surface area contributed by atoms with Crippen molar-refractivity contribution in [1.82, 2.24) is 20.4 Å². The number of carboxylic acid groups (broad SMARTS) is 1. The van der Waals surface area contributed by atoms with E-state index in [1.807, 2.05) is 19.9 Å². The van der Waals surface area contributed by atoms with Crippen molar-refractivity contribution in [3.63, 3.8) is 0 Å². The third-order valence-electron chi connectivity index (χ3n) is 7.10. The van der Waals surface area contributed by atoms with E-state index in [1.54, 1.807) is 4.90 Å². The summed E-state index contributed by atoms with van der Waals surface area (Å²) >= 11 is 0. The number of fused-ring (bicyclic) bond motifs is 1. The van der Waals surface area contributed by atoms with Crippen LogP contribution in [0.5, 0.6) is 0 Å². The second-order valence-corrected chi connectivity index (χ2v) is 10.5. The Morgan fingerprint density at radius 1 is 1.00 bits per heavy atom. The highest BCUT2D eigenvalue weighted by Crippen LogP contribution is 2.31. The average molecular weight is 537 g/mol. The molecule has 0 saturated carbocycles. The second kappa shape index (κ2) is 14.4. The van der Waals surface area contributed by atoms with Gasteiger partial charge in [-0.3, -0.25) is 19.3 Å². The van der Waals surface area contributed by atoms with E-state index in [4.69, 9.17) is 5.11 Å². The van der Waals surface area contributed by atoms with Crippen LogP contribution < -0.4 is 10.6 Å². The number of nitrogens with zero attached hydrogens (tertiary/aromatic N) is 2. The molecule has 0 radical (unpaired) electrons. The fourth-order valence-electron chi connectivity index (χ4n) is 5.07. The van der Waals surface area contributed by atoms with Gasteiger partial charge in [0.05, 0.1) is 13.1 Å². The third-order valence-corrected chi connectivity index (χ3v) is 7.10. The molecule has 2 aromatic carbocycles. The fraction of sp³-hybridized carbons (Fsp3) is 0.467. The van der Waals surface area contributed by atoms with E-state index in [9.17, 15) is 19.2 Å². The van der Waals surface area contributed by atoms with Crippen molar-refractivity contribution in [2.75, 3.05) is 32.7 Å². The number of hydrogen-bond donors (Lipinski definition) is 3. The Labute approximate surface area is 230 Å². The normalized spacial score (nSPS) is 15.4. The smallest absolute Gasteiger partial charge is 0.328 e. The first-order valence-electron chi connectivity index (χ1n) is 13.6. The van der Waals surface area contributed by atoms with Crippen LogP contribution >= 0.6 is 0 Å². The first-order chi connectivity index (χ1) is 18.7. The van der Waals surface area contributed by atoms with Crippen LogP contribution in [-0.4, -0.2) is 77.4 Å². The van der Waals surface area contributed by atoms with Crippen LogP contribution in [0.3, 0.4) is 0 Å². The largest absolute Gasteiger partial charge is 0.478 e. The Bertz CT molecular complexity index is 1180. The molecule has 210 valence electrons. The molecule has 1 aliphatic rings. The predicted molar refractivity (Wildman–Crippen MR) is 151 cm³/mol. The molecule has 1 aliphatic heterocycles. The number of hydrogen-bond acceptors (Lipinski definition) is 5. The molecule has 1 fully saturated rings. The molecule has 3 rings (SSSR count). The van der Waals surface area contributed by atoms with Gasteiger partial charge in [0.1, 0.15) is 0 Å². The second-order valence-electron chi connectivity index (χ2n) is 10.5. The summed E-state index contributed by atoms with van der Waals surface area (Å²) in [6.45, 7) is 7.52. The standard InChI is InChI=1S/C30H40N4O5/c1-21(2)18-29(37)34(20-28(36)32-19-27(35)31-15-7-12-30(38)39)24-13-16-33(17-14-24)22(3)25-11-6-9-23-8-4-5-10-26(23)25/h4-12,21-22,24H,13-20H2,1-3H3,(H,31,35)(H,32,36)(H,38,39)/b12-7+. The maximum absolute atomic E-state index is 13.1. The highest BCUT2D eigenvalue weighted by Gasteiger charge is 2.31. The zero-order valence-electron chi connectivity index (χ0n) is 23.1. The Kier molecular flexibility index (Phi) is 11.0. The van der Waals surface area contributed by atoms with Crippen molar-refractivity contribution in [1.29, 1.82) is 0 Å². The molecule has 1 saturated heterocycles. The number of carboxylic acids is 1. The van der Waals surface area contributed by atoms with E-state index in [0.29, 0.717) is 6.42 Å².